The second kappa shape index (κ2) is 5.37. The first-order chi connectivity index (χ1) is 12.1. The van der Waals surface area contributed by atoms with Crippen molar-refractivity contribution in [2.24, 2.45) is 17.3 Å². The van der Waals surface area contributed by atoms with Crippen molar-refractivity contribution < 1.29 is 14.2 Å². The van der Waals surface area contributed by atoms with Gasteiger partial charge in [0.15, 0.2) is 5.79 Å². The van der Waals surface area contributed by atoms with Crippen molar-refractivity contribution in [1.82, 2.24) is 0 Å². The molecule has 1 aromatic carbocycles. The zero-order valence-electron chi connectivity index (χ0n) is 15.3. The molecule has 3 aliphatic carbocycles. The van der Waals surface area contributed by atoms with Crippen LogP contribution >= 0.6 is 0 Å². The molecule has 25 heavy (non-hydrogen) atoms. The Kier molecular flexibility index (Phi) is 3.43. The van der Waals surface area contributed by atoms with Gasteiger partial charge in [0.1, 0.15) is 5.75 Å². The lowest BCUT2D eigenvalue weighted by atomic mass is 9.55. The van der Waals surface area contributed by atoms with E-state index in [1.54, 1.807) is 7.11 Å². The van der Waals surface area contributed by atoms with Crippen LogP contribution in [0.2, 0.25) is 0 Å². The third-order valence-corrected chi connectivity index (χ3v) is 7.87. The molecule has 3 fully saturated rings. The largest absolute Gasteiger partial charge is 0.495 e. The van der Waals surface area contributed by atoms with Crippen molar-refractivity contribution in [1.29, 1.82) is 0 Å². The third-order valence-electron chi connectivity index (χ3n) is 7.87. The third kappa shape index (κ3) is 2.01. The van der Waals surface area contributed by atoms with Gasteiger partial charge in [0, 0.05) is 11.8 Å². The standard InChI is InChI=1S/C21H29NO3/c1-20-7-5-14-15(17(20)6-8-21(20)24-9-10-25-21)4-3-13-11-19(23-2)18(22)12-16(13)14/h11-12,14-15,17H,3-10,22H2,1-2H3/t14-,15+,17-,20-/m0/s1. The van der Waals surface area contributed by atoms with Crippen LogP contribution in [0.3, 0.4) is 0 Å². The monoisotopic (exact) mass is 343 g/mol. The topological polar surface area (TPSA) is 53.7 Å². The van der Waals surface area contributed by atoms with Gasteiger partial charge in [-0.3, -0.25) is 0 Å². The maximum atomic E-state index is 6.24. The van der Waals surface area contributed by atoms with Crippen molar-refractivity contribution in [3.63, 3.8) is 0 Å². The summed E-state index contributed by atoms with van der Waals surface area (Å²) in [5.74, 6) is 2.58. The summed E-state index contributed by atoms with van der Waals surface area (Å²) < 4.78 is 17.9. The van der Waals surface area contributed by atoms with E-state index in [-0.39, 0.29) is 11.2 Å². The number of hydrogen-bond donors (Lipinski definition) is 1. The number of fused-ring (bicyclic) bond motifs is 6. The minimum absolute atomic E-state index is 0.167. The van der Waals surface area contributed by atoms with Crippen molar-refractivity contribution in [2.45, 2.75) is 57.2 Å². The molecule has 1 saturated heterocycles. The van der Waals surface area contributed by atoms with Gasteiger partial charge < -0.3 is 19.9 Å². The van der Waals surface area contributed by atoms with Crippen molar-refractivity contribution in [2.75, 3.05) is 26.1 Å². The molecule has 0 unspecified atom stereocenters. The highest BCUT2D eigenvalue weighted by Crippen LogP contribution is 2.66. The van der Waals surface area contributed by atoms with E-state index < -0.39 is 0 Å². The molecule has 0 bridgehead atoms. The first-order valence-corrected chi connectivity index (χ1v) is 9.82. The van der Waals surface area contributed by atoms with Gasteiger partial charge in [-0.25, -0.2) is 0 Å². The predicted octanol–water partition coefficient (Wildman–Crippen LogP) is 3.88. The summed E-state index contributed by atoms with van der Waals surface area (Å²) in [4.78, 5) is 0. The molecular formula is C21H29NO3. The smallest absolute Gasteiger partial charge is 0.174 e. The molecule has 0 amide bonds. The number of rotatable bonds is 1. The molecule has 4 heteroatoms. The van der Waals surface area contributed by atoms with Gasteiger partial charge >= 0.3 is 0 Å². The quantitative estimate of drug-likeness (QED) is 0.786. The number of ether oxygens (including phenoxy) is 3. The number of aryl methyl sites for hydroxylation is 1. The highest BCUT2D eigenvalue weighted by Gasteiger charge is 2.64. The molecule has 0 aromatic heterocycles. The molecule has 136 valence electrons. The van der Waals surface area contributed by atoms with E-state index in [2.05, 4.69) is 19.1 Å². The summed E-state index contributed by atoms with van der Waals surface area (Å²) in [7, 11) is 1.70. The van der Waals surface area contributed by atoms with E-state index >= 15 is 0 Å². The van der Waals surface area contributed by atoms with Crippen LogP contribution in [0.15, 0.2) is 12.1 Å². The maximum absolute atomic E-state index is 6.24. The first kappa shape index (κ1) is 16.0. The number of anilines is 1. The minimum atomic E-state index is -0.304. The molecule has 5 rings (SSSR count). The Morgan fingerprint density at radius 2 is 1.92 bits per heavy atom. The van der Waals surface area contributed by atoms with Gasteiger partial charge in [-0.2, -0.15) is 0 Å². The number of methoxy groups -OCH3 is 1. The summed E-state index contributed by atoms with van der Waals surface area (Å²) in [6.07, 6.45) is 7.10. The molecule has 4 aliphatic rings. The Morgan fingerprint density at radius 1 is 1.12 bits per heavy atom. The highest BCUT2D eigenvalue weighted by molar-refractivity contribution is 5.58. The number of benzene rings is 1. The summed E-state index contributed by atoms with van der Waals surface area (Å²) in [5.41, 5.74) is 10.1. The van der Waals surface area contributed by atoms with Crippen LogP contribution in [0, 0.1) is 17.3 Å². The van der Waals surface area contributed by atoms with Gasteiger partial charge in [0.2, 0.25) is 0 Å². The molecule has 2 N–H and O–H groups in total. The average molecular weight is 343 g/mol. The van der Waals surface area contributed by atoms with Gasteiger partial charge in [-0.05, 0) is 73.1 Å². The van der Waals surface area contributed by atoms with E-state index in [1.165, 1.54) is 36.8 Å². The van der Waals surface area contributed by atoms with Crippen LogP contribution in [0.1, 0.15) is 56.1 Å². The predicted molar refractivity (Wildman–Crippen MR) is 96.7 cm³/mol. The van der Waals surface area contributed by atoms with Crippen LogP contribution in [0.25, 0.3) is 0 Å². The number of nitrogen functional groups attached to an aromatic ring is 1. The van der Waals surface area contributed by atoms with Gasteiger partial charge in [-0.15, -0.1) is 0 Å². The van der Waals surface area contributed by atoms with Crippen molar-refractivity contribution >= 4 is 5.69 Å². The SMILES string of the molecule is COc1cc2c(cc1N)[C@H]1CC[C@@]3(C)[C@@H](CCC34OCCO4)[C@@H]1CC2. The fourth-order valence-electron chi connectivity index (χ4n) is 6.68. The fraction of sp³-hybridized carbons (Fsp3) is 0.714. The first-order valence-electron chi connectivity index (χ1n) is 9.82. The summed E-state index contributed by atoms with van der Waals surface area (Å²) in [6, 6.07) is 4.37. The number of hydrogen-bond acceptors (Lipinski definition) is 4. The van der Waals surface area contributed by atoms with Gasteiger partial charge in [0.05, 0.1) is 26.0 Å². The summed E-state index contributed by atoms with van der Waals surface area (Å²) in [6.45, 7) is 3.95. The molecule has 1 heterocycles. The molecule has 4 atom stereocenters. The zero-order chi connectivity index (χ0) is 17.2. The maximum Gasteiger partial charge on any atom is 0.174 e. The Labute approximate surface area is 150 Å². The van der Waals surface area contributed by atoms with Crippen molar-refractivity contribution in [3.8, 4) is 5.75 Å². The van der Waals surface area contributed by atoms with E-state index in [0.717, 1.165) is 43.4 Å². The Bertz CT molecular complexity index is 697. The van der Waals surface area contributed by atoms with Crippen LogP contribution in [0.5, 0.6) is 5.75 Å². The lowest BCUT2D eigenvalue weighted by Gasteiger charge is -2.52. The lowest BCUT2D eigenvalue weighted by Crippen LogP contribution is -2.51. The molecule has 2 saturated carbocycles. The minimum Gasteiger partial charge on any atom is -0.495 e. The Morgan fingerprint density at radius 3 is 2.68 bits per heavy atom. The van der Waals surface area contributed by atoms with Crippen LogP contribution in [-0.2, 0) is 15.9 Å². The zero-order valence-corrected chi connectivity index (χ0v) is 15.3. The van der Waals surface area contributed by atoms with E-state index in [9.17, 15) is 0 Å². The molecular weight excluding hydrogens is 314 g/mol. The van der Waals surface area contributed by atoms with E-state index in [4.69, 9.17) is 19.9 Å². The molecule has 1 aromatic rings. The Balaban J connectivity index is 1.51. The highest BCUT2D eigenvalue weighted by atomic mass is 16.7. The van der Waals surface area contributed by atoms with Gasteiger partial charge in [0.25, 0.3) is 0 Å². The molecule has 1 spiro atoms. The fourth-order valence-corrected chi connectivity index (χ4v) is 6.68. The van der Waals surface area contributed by atoms with Crippen LogP contribution in [-0.4, -0.2) is 26.1 Å². The lowest BCUT2D eigenvalue weighted by molar-refractivity contribution is -0.237. The molecule has 4 nitrogen and oxygen atoms in total. The van der Waals surface area contributed by atoms with Crippen molar-refractivity contribution in [3.05, 3.63) is 23.3 Å². The van der Waals surface area contributed by atoms with E-state index in [0.29, 0.717) is 11.8 Å². The molecule has 0 radical (unpaired) electrons. The summed E-state index contributed by atoms with van der Waals surface area (Å²) >= 11 is 0. The number of nitrogens with two attached hydrogens (primary N) is 1. The average Bonchev–Trinajstić information content (AvgIpc) is 3.21. The van der Waals surface area contributed by atoms with Crippen LogP contribution in [0.4, 0.5) is 5.69 Å². The van der Waals surface area contributed by atoms with Crippen LogP contribution < -0.4 is 10.5 Å². The second-order valence-corrected chi connectivity index (χ2v) is 8.65. The second-order valence-electron chi connectivity index (χ2n) is 8.65. The van der Waals surface area contributed by atoms with Gasteiger partial charge in [-0.1, -0.05) is 6.92 Å². The van der Waals surface area contributed by atoms with E-state index in [1.807, 2.05) is 0 Å². The summed E-state index contributed by atoms with van der Waals surface area (Å²) in [5, 5.41) is 0. The molecule has 1 aliphatic heterocycles. The Hall–Kier alpha value is -1.26. The normalized spacial score (nSPS) is 38.2.